The Labute approximate surface area is 112 Å². The van der Waals surface area contributed by atoms with Gasteiger partial charge in [0.15, 0.2) is 0 Å². The fraction of sp³-hybridized carbons (Fsp3) is 0.727. The van der Waals surface area contributed by atoms with Gasteiger partial charge in [0.05, 0.1) is 6.10 Å². The molecule has 0 amide bonds. The lowest BCUT2D eigenvalue weighted by atomic mass is 10.1. The van der Waals surface area contributed by atoms with E-state index in [1.54, 1.807) is 6.92 Å². The first-order valence-electron chi connectivity index (χ1n) is 6.58. The average molecular weight is 267 g/mol. The largest absolute Gasteiger partial charge is 0.392 e. The minimum Gasteiger partial charge on any atom is -0.392 e. The van der Waals surface area contributed by atoms with Gasteiger partial charge >= 0.3 is 0 Å². The highest BCUT2D eigenvalue weighted by Crippen LogP contribution is 2.18. The minimum atomic E-state index is -0.468. The van der Waals surface area contributed by atoms with Gasteiger partial charge in [0.1, 0.15) is 0 Å². The molecule has 8 nitrogen and oxygen atoms in total. The Morgan fingerprint density at radius 2 is 1.89 bits per heavy atom. The van der Waals surface area contributed by atoms with Gasteiger partial charge in [-0.3, -0.25) is 5.43 Å². The summed E-state index contributed by atoms with van der Waals surface area (Å²) >= 11 is 0. The highest BCUT2D eigenvalue weighted by molar-refractivity contribution is 5.43. The van der Waals surface area contributed by atoms with Gasteiger partial charge in [0.2, 0.25) is 17.8 Å². The van der Waals surface area contributed by atoms with E-state index in [9.17, 15) is 5.11 Å². The molecule has 0 radical (unpaired) electrons. The number of nitrogen functional groups attached to an aromatic ring is 1. The molecule has 1 atom stereocenters. The monoisotopic (exact) mass is 267 g/mol. The first-order valence-corrected chi connectivity index (χ1v) is 6.58. The molecule has 0 bridgehead atoms. The van der Waals surface area contributed by atoms with Gasteiger partial charge in [0.25, 0.3) is 0 Å². The number of hydrogen-bond acceptors (Lipinski definition) is 8. The molecular formula is C11H21N7O. The quantitative estimate of drug-likeness (QED) is 0.433. The fourth-order valence-electron chi connectivity index (χ4n) is 1.98. The van der Waals surface area contributed by atoms with Crippen LogP contribution in [0.4, 0.5) is 17.8 Å². The Morgan fingerprint density at radius 3 is 2.53 bits per heavy atom. The number of nitrogens with one attached hydrogen (secondary N) is 2. The summed E-state index contributed by atoms with van der Waals surface area (Å²) in [6.07, 6.45) is 3.07. The highest BCUT2D eigenvalue weighted by Gasteiger charge is 2.16. The smallest absolute Gasteiger partial charge is 0.243 e. The van der Waals surface area contributed by atoms with Crippen LogP contribution < -0.4 is 21.5 Å². The zero-order valence-corrected chi connectivity index (χ0v) is 11.1. The molecule has 1 aliphatic heterocycles. The predicted octanol–water partition coefficient (Wildman–Crippen LogP) is -0.0598. The van der Waals surface area contributed by atoms with E-state index < -0.39 is 6.10 Å². The first-order chi connectivity index (χ1) is 9.19. The van der Waals surface area contributed by atoms with Gasteiger partial charge < -0.3 is 15.3 Å². The maximum atomic E-state index is 9.27. The van der Waals surface area contributed by atoms with Crippen LogP contribution in [-0.2, 0) is 0 Å². The van der Waals surface area contributed by atoms with Crippen LogP contribution in [0.5, 0.6) is 0 Å². The fourth-order valence-corrected chi connectivity index (χ4v) is 1.98. The molecule has 8 heteroatoms. The van der Waals surface area contributed by atoms with Gasteiger partial charge in [-0.05, 0) is 26.2 Å². The van der Waals surface area contributed by atoms with E-state index in [1.807, 2.05) is 0 Å². The van der Waals surface area contributed by atoms with Crippen molar-refractivity contribution in [1.29, 1.82) is 0 Å². The van der Waals surface area contributed by atoms with E-state index in [2.05, 4.69) is 30.6 Å². The number of anilines is 3. The second-order valence-electron chi connectivity index (χ2n) is 4.70. The summed E-state index contributed by atoms with van der Waals surface area (Å²) in [6.45, 7) is 3.98. The zero-order chi connectivity index (χ0) is 13.7. The second kappa shape index (κ2) is 6.48. The van der Waals surface area contributed by atoms with Crippen molar-refractivity contribution in [2.45, 2.75) is 32.3 Å². The number of hydrogen-bond donors (Lipinski definition) is 4. The van der Waals surface area contributed by atoms with Crippen LogP contribution in [0, 0.1) is 0 Å². The van der Waals surface area contributed by atoms with Crippen LogP contribution in [0.3, 0.4) is 0 Å². The second-order valence-corrected chi connectivity index (χ2v) is 4.70. The molecule has 2 heterocycles. The van der Waals surface area contributed by atoms with Crippen LogP contribution in [0.2, 0.25) is 0 Å². The molecule has 0 aromatic carbocycles. The molecule has 1 unspecified atom stereocenters. The number of nitrogens with two attached hydrogens (primary N) is 1. The molecular weight excluding hydrogens is 246 g/mol. The number of aliphatic hydroxyl groups is 1. The number of piperidine rings is 1. The lowest BCUT2D eigenvalue weighted by molar-refractivity contribution is 0.208. The maximum absolute atomic E-state index is 9.27. The van der Waals surface area contributed by atoms with Gasteiger partial charge in [-0.2, -0.15) is 15.0 Å². The molecule has 1 aromatic rings. The van der Waals surface area contributed by atoms with Gasteiger partial charge in [-0.1, -0.05) is 0 Å². The first kappa shape index (κ1) is 13.8. The summed E-state index contributed by atoms with van der Waals surface area (Å²) in [5.41, 5.74) is 2.44. The molecule has 19 heavy (non-hydrogen) atoms. The van der Waals surface area contributed by atoms with Crippen molar-refractivity contribution in [3.63, 3.8) is 0 Å². The van der Waals surface area contributed by atoms with Crippen LogP contribution >= 0.6 is 0 Å². The number of aliphatic hydroxyl groups excluding tert-OH is 1. The number of hydrazine groups is 1. The van der Waals surface area contributed by atoms with Crippen LogP contribution in [-0.4, -0.2) is 45.8 Å². The molecule has 0 aliphatic carbocycles. The SMILES string of the molecule is CC(O)CNc1nc(NN)nc(N2CCCCC2)n1. The van der Waals surface area contributed by atoms with Gasteiger partial charge in [-0.25, -0.2) is 5.84 Å². The molecule has 106 valence electrons. The van der Waals surface area contributed by atoms with Crippen molar-refractivity contribution in [3.05, 3.63) is 0 Å². The summed E-state index contributed by atoms with van der Waals surface area (Å²) < 4.78 is 0. The minimum absolute atomic E-state index is 0.323. The Balaban J connectivity index is 2.14. The van der Waals surface area contributed by atoms with Crippen molar-refractivity contribution in [3.8, 4) is 0 Å². The lowest BCUT2D eigenvalue weighted by Crippen LogP contribution is -2.32. The van der Waals surface area contributed by atoms with Gasteiger partial charge in [0, 0.05) is 19.6 Å². The van der Waals surface area contributed by atoms with E-state index in [0.717, 1.165) is 25.9 Å². The summed E-state index contributed by atoms with van der Waals surface area (Å²) in [4.78, 5) is 14.9. The Hall–Kier alpha value is -1.67. The molecule has 1 fully saturated rings. The van der Waals surface area contributed by atoms with E-state index in [-0.39, 0.29) is 0 Å². The number of nitrogens with zero attached hydrogens (tertiary/aromatic N) is 4. The van der Waals surface area contributed by atoms with Crippen molar-refractivity contribution in [1.82, 2.24) is 15.0 Å². The molecule has 5 N–H and O–H groups in total. The highest BCUT2D eigenvalue weighted by atomic mass is 16.3. The predicted molar refractivity (Wildman–Crippen MR) is 73.9 cm³/mol. The van der Waals surface area contributed by atoms with E-state index in [4.69, 9.17) is 5.84 Å². The summed E-state index contributed by atoms with van der Waals surface area (Å²) in [6, 6.07) is 0. The van der Waals surface area contributed by atoms with E-state index in [1.165, 1.54) is 6.42 Å². The van der Waals surface area contributed by atoms with Gasteiger partial charge in [-0.15, -0.1) is 0 Å². The van der Waals surface area contributed by atoms with E-state index in [0.29, 0.717) is 24.4 Å². The topological polar surface area (TPSA) is 112 Å². The maximum Gasteiger partial charge on any atom is 0.243 e. The average Bonchev–Trinajstić information content (AvgIpc) is 2.45. The Morgan fingerprint density at radius 1 is 1.21 bits per heavy atom. The Bertz CT molecular complexity index is 406. The standard InChI is InChI=1S/C11H21N7O/c1-8(19)7-13-9-14-10(17-12)16-11(15-9)18-5-3-2-4-6-18/h8,19H,2-7,12H2,1H3,(H2,13,14,15,16,17). The zero-order valence-electron chi connectivity index (χ0n) is 11.1. The molecule has 0 spiro atoms. The lowest BCUT2D eigenvalue weighted by Gasteiger charge is -2.26. The molecule has 1 saturated heterocycles. The Kier molecular flexibility index (Phi) is 4.69. The van der Waals surface area contributed by atoms with Crippen molar-refractivity contribution in [2.75, 3.05) is 35.3 Å². The van der Waals surface area contributed by atoms with E-state index >= 15 is 0 Å². The van der Waals surface area contributed by atoms with Crippen molar-refractivity contribution >= 4 is 17.8 Å². The summed E-state index contributed by atoms with van der Waals surface area (Å²) in [7, 11) is 0. The third-order valence-corrected chi connectivity index (χ3v) is 2.95. The summed E-state index contributed by atoms with van der Waals surface area (Å²) in [5, 5.41) is 12.2. The summed E-state index contributed by atoms with van der Waals surface area (Å²) in [5.74, 6) is 6.74. The van der Waals surface area contributed by atoms with Crippen LogP contribution in [0.15, 0.2) is 0 Å². The molecule has 1 aromatic heterocycles. The van der Waals surface area contributed by atoms with Crippen molar-refractivity contribution in [2.24, 2.45) is 5.84 Å². The molecule has 1 aliphatic rings. The van der Waals surface area contributed by atoms with Crippen LogP contribution in [0.1, 0.15) is 26.2 Å². The normalized spacial score (nSPS) is 17.1. The third-order valence-electron chi connectivity index (χ3n) is 2.95. The third kappa shape index (κ3) is 3.90. The molecule has 2 rings (SSSR count). The molecule has 0 saturated carbocycles. The van der Waals surface area contributed by atoms with Crippen LogP contribution in [0.25, 0.3) is 0 Å². The number of aromatic nitrogens is 3. The number of rotatable bonds is 5. The van der Waals surface area contributed by atoms with Crippen molar-refractivity contribution < 1.29 is 5.11 Å².